The van der Waals surface area contributed by atoms with Crippen molar-refractivity contribution in [2.24, 2.45) is 5.92 Å². The second-order valence-corrected chi connectivity index (χ2v) is 7.20. The molecule has 0 unspecified atom stereocenters. The van der Waals surface area contributed by atoms with Crippen LogP contribution in [0.2, 0.25) is 0 Å². The quantitative estimate of drug-likeness (QED) is 0.813. The van der Waals surface area contributed by atoms with Gasteiger partial charge in [0.2, 0.25) is 5.91 Å². The van der Waals surface area contributed by atoms with E-state index in [9.17, 15) is 14.7 Å². The molecule has 7 heteroatoms. The van der Waals surface area contributed by atoms with Crippen molar-refractivity contribution in [1.29, 1.82) is 0 Å². The largest absolute Gasteiger partial charge is 0.480 e. The summed E-state index contributed by atoms with van der Waals surface area (Å²) in [7, 11) is 1.78. The van der Waals surface area contributed by atoms with E-state index < -0.39 is 17.4 Å². The highest BCUT2D eigenvalue weighted by atomic mass is 16.4. The van der Waals surface area contributed by atoms with E-state index in [2.05, 4.69) is 10.3 Å². The zero-order valence-electron chi connectivity index (χ0n) is 15.9. The van der Waals surface area contributed by atoms with Crippen LogP contribution in [0.15, 0.2) is 42.7 Å². The molecule has 2 aromatic rings. The maximum absolute atomic E-state index is 13.0. The van der Waals surface area contributed by atoms with Crippen LogP contribution in [0, 0.1) is 5.92 Å². The number of nitrogens with one attached hydrogen (secondary N) is 1. The third-order valence-corrected chi connectivity index (χ3v) is 5.70. The summed E-state index contributed by atoms with van der Waals surface area (Å²) in [5.41, 5.74) is -0.148. The lowest BCUT2D eigenvalue weighted by Gasteiger charge is -2.32. The van der Waals surface area contributed by atoms with Crippen LogP contribution < -0.4 is 5.32 Å². The van der Waals surface area contributed by atoms with Crippen molar-refractivity contribution in [3.63, 3.8) is 0 Å². The summed E-state index contributed by atoms with van der Waals surface area (Å²) in [6, 6.07) is 9.32. The van der Waals surface area contributed by atoms with Gasteiger partial charge in [0.1, 0.15) is 11.4 Å². The van der Waals surface area contributed by atoms with Crippen LogP contribution in [0.25, 0.3) is 0 Å². The number of imidazole rings is 1. The van der Waals surface area contributed by atoms with Crippen molar-refractivity contribution >= 4 is 11.9 Å². The van der Waals surface area contributed by atoms with Crippen molar-refractivity contribution < 1.29 is 14.7 Å². The minimum absolute atomic E-state index is 0.147. The zero-order chi connectivity index (χ0) is 19.6. The Balaban J connectivity index is 1.84. The molecule has 0 radical (unpaired) electrons. The van der Waals surface area contributed by atoms with Crippen LogP contribution in [0.4, 0.5) is 0 Å². The summed E-state index contributed by atoms with van der Waals surface area (Å²) in [5, 5.41) is 12.7. The number of likely N-dealkylation sites (tertiary alicyclic amines) is 1. The lowest BCUT2D eigenvalue weighted by Crippen LogP contribution is -2.46. The number of nitrogens with zero attached hydrogens (tertiary/aromatic N) is 3. The summed E-state index contributed by atoms with van der Waals surface area (Å²) < 4.78 is 1.97. The standard InChI is InChI=1S/C20H26N4O3/c1-4-24-11-10-21-16(24)13-22-18(25)15-12-20(2,19(26)27)23(3)17(15)14-8-6-5-7-9-14/h5-11,15,17H,4,12-13H2,1-3H3,(H,22,25)(H,26,27)/t15-,17-,20-/m1/s1. The van der Waals surface area contributed by atoms with E-state index in [0.717, 1.165) is 17.9 Å². The fourth-order valence-corrected chi connectivity index (χ4v) is 3.93. The number of hydrogen-bond acceptors (Lipinski definition) is 4. The third kappa shape index (κ3) is 3.47. The molecule has 3 atom stereocenters. The number of aryl methyl sites for hydroxylation is 1. The molecule has 0 bridgehead atoms. The molecule has 1 aromatic carbocycles. The molecule has 7 nitrogen and oxygen atoms in total. The molecule has 27 heavy (non-hydrogen) atoms. The van der Waals surface area contributed by atoms with E-state index in [1.807, 2.05) is 52.9 Å². The molecule has 2 N–H and O–H groups in total. The second-order valence-electron chi connectivity index (χ2n) is 7.20. The monoisotopic (exact) mass is 370 g/mol. The Hall–Kier alpha value is -2.67. The molecule has 1 aromatic heterocycles. The second kappa shape index (κ2) is 7.52. The van der Waals surface area contributed by atoms with Crippen LogP contribution >= 0.6 is 0 Å². The summed E-state index contributed by atoms with van der Waals surface area (Å²) in [5.74, 6) is -0.730. The summed E-state index contributed by atoms with van der Waals surface area (Å²) >= 11 is 0. The number of aliphatic carboxylic acids is 1. The minimum Gasteiger partial charge on any atom is -0.480 e. The van der Waals surface area contributed by atoms with Gasteiger partial charge in [-0.3, -0.25) is 14.5 Å². The van der Waals surface area contributed by atoms with Crippen LogP contribution in [0.5, 0.6) is 0 Å². The van der Waals surface area contributed by atoms with E-state index in [1.165, 1.54) is 0 Å². The number of rotatable bonds is 6. The van der Waals surface area contributed by atoms with Gasteiger partial charge >= 0.3 is 5.97 Å². The third-order valence-electron chi connectivity index (χ3n) is 5.70. The van der Waals surface area contributed by atoms with Gasteiger partial charge in [-0.15, -0.1) is 0 Å². The first kappa shape index (κ1) is 19.1. The molecule has 1 aliphatic heterocycles. The van der Waals surface area contributed by atoms with Crippen LogP contribution in [-0.4, -0.2) is 44.0 Å². The van der Waals surface area contributed by atoms with Crippen LogP contribution in [0.1, 0.15) is 37.7 Å². The Morgan fingerprint density at radius 2 is 2.04 bits per heavy atom. The van der Waals surface area contributed by atoms with E-state index >= 15 is 0 Å². The SMILES string of the molecule is CCn1ccnc1CNC(=O)[C@@H]1C[C@](C)(C(=O)O)N(C)[C@@H]1c1ccccc1. The van der Waals surface area contributed by atoms with E-state index in [1.54, 1.807) is 20.2 Å². The van der Waals surface area contributed by atoms with Crippen molar-refractivity contribution in [2.75, 3.05) is 7.05 Å². The van der Waals surface area contributed by atoms with E-state index in [0.29, 0.717) is 6.54 Å². The first-order chi connectivity index (χ1) is 12.9. The highest BCUT2D eigenvalue weighted by Gasteiger charge is 2.54. The maximum atomic E-state index is 13.0. The van der Waals surface area contributed by atoms with Crippen LogP contribution in [-0.2, 0) is 22.7 Å². The fraction of sp³-hybridized carbons (Fsp3) is 0.450. The molecule has 144 valence electrons. The maximum Gasteiger partial charge on any atom is 0.323 e. The van der Waals surface area contributed by atoms with Gasteiger partial charge in [-0.25, -0.2) is 4.98 Å². The summed E-state index contributed by atoms with van der Waals surface area (Å²) in [6.07, 6.45) is 3.84. The van der Waals surface area contributed by atoms with Crippen molar-refractivity contribution in [2.45, 2.75) is 44.9 Å². The van der Waals surface area contributed by atoms with Gasteiger partial charge in [0, 0.05) is 25.0 Å². The Kier molecular flexibility index (Phi) is 5.32. The Morgan fingerprint density at radius 3 is 2.67 bits per heavy atom. The number of amides is 1. The fourth-order valence-electron chi connectivity index (χ4n) is 3.93. The minimum atomic E-state index is -1.09. The molecule has 1 saturated heterocycles. The number of carboxylic acids is 1. The average Bonchev–Trinajstić information content (AvgIpc) is 3.23. The lowest BCUT2D eigenvalue weighted by molar-refractivity contribution is -0.148. The number of likely N-dealkylation sites (N-methyl/N-ethyl adjacent to an activating group) is 1. The number of carbonyl (C=O) groups excluding carboxylic acids is 1. The normalized spacial score (nSPS) is 25.4. The van der Waals surface area contributed by atoms with Gasteiger partial charge in [0.15, 0.2) is 0 Å². The molecule has 0 aliphatic carbocycles. The molecule has 2 heterocycles. The number of carboxylic acid groups (broad SMARTS) is 1. The molecule has 1 aliphatic rings. The molecule has 0 spiro atoms. The zero-order valence-corrected chi connectivity index (χ0v) is 15.9. The highest BCUT2D eigenvalue weighted by Crippen LogP contribution is 2.45. The average molecular weight is 370 g/mol. The van der Waals surface area contributed by atoms with Crippen molar-refractivity contribution in [3.05, 3.63) is 54.1 Å². The Labute approximate surface area is 159 Å². The molecular formula is C20H26N4O3. The molecular weight excluding hydrogens is 344 g/mol. The number of benzene rings is 1. The lowest BCUT2D eigenvalue weighted by atomic mass is 9.89. The molecule has 1 fully saturated rings. The smallest absolute Gasteiger partial charge is 0.323 e. The van der Waals surface area contributed by atoms with Gasteiger partial charge in [-0.1, -0.05) is 30.3 Å². The number of aromatic nitrogens is 2. The summed E-state index contributed by atoms with van der Waals surface area (Å²) in [4.78, 5) is 31.0. The van der Waals surface area contributed by atoms with Crippen molar-refractivity contribution in [1.82, 2.24) is 19.8 Å². The van der Waals surface area contributed by atoms with Gasteiger partial charge in [-0.2, -0.15) is 0 Å². The Morgan fingerprint density at radius 1 is 1.33 bits per heavy atom. The van der Waals surface area contributed by atoms with Gasteiger partial charge in [0.05, 0.1) is 12.5 Å². The molecule has 3 rings (SSSR count). The van der Waals surface area contributed by atoms with Gasteiger partial charge in [0.25, 0.3) is 0 Å². The number of carbonyl (C=O) groups is 2. The summed E-state index contributed by atoms with van der Waals surface area (Å²) in [6.45, 7) is 4.80. The predicted octanol–water partition coefficient (Wildman–Crippen LogP) is 2.06. The topological polar surface area (TPSA) is 87.5 Å². The van der Waals surface area contributed by atoms with Gasteiger partial charge in [-0.05, 0) is 32.9 Å². The number of hydrogen-bond donors (Lipinski definition) is 2. The highest BCUT2D eigenvalue weighted by molar-refractivity contribution is 5.85. The predicted molar refractivity (Wildman–Crippen MR) is 101 cm³/mol. The van der Waals surface area contributed by atoms with Crippen LogP contribution in [0.3, 0.4) is 0 Å². The van der Waals surface area contributed by atoms with E-state index in [-0.39, 0.29) is 18.4 Å². The first-order valence-electron chi connectivity index (χ1n) is 9.17. The molecule has 1 amide bonds. The van der Waals surface area contributed by atoms with Gasteiger partial charge < -0.3 is 15.0 Å². The molecule has 0 saturated carbocycles. The Bertz CT molecular complexity index is 820. The van der Waals surface area contributed by atoms with E-state index in [4.69, 9.17) is 0 Å². The first-order valence-corrected chi connectivity index (χ1v) is 9.17. The van der Waals surface area contributed by atoms with Crippen molar-refractivity contribution in [3.8, 4) is 0 Å².